The zero-order valence-electron chi connectivity index (χ0n) is 15.7. The molecular formula is C20H27N3O3. The summed E-state index contributed by atoms with van der Waals surface area (Å²) in [6, 6.07) is 11.6. The highest BCUT2D eigenvalue weighted by Crippen LogP contribution is 2.19. The molecule has 1 fully saturated rings. The standard InChI is InChI=1S/C20H27N3O3/c1-15-4-9-19(26-15)14-22(3)16(2)20(24)21-17-5-7-18(8-6-17)23-10-12-25-13-11-23/h4-9,16H,10-14H2,1-3H3,(H,21,24)/t16-/m0/s1. The Kier molecular flexibility index (Phi) is 5.96. The van der Waals surface area contributed by atoms with Gasteiger partial charge in [-0.25, -0.2) is 0 Å². The number of anilines is 2. The van der Waals surface area contributed by atoms with Gasteiger partial charge in [-0.05, 0) is 57.3 Å². The summed E-state index contributed by atoms with van der Waals surface area (Å²) in [5.41, 5.74) is 1.96. The van der Waals surface area contributed by atoms with E-state index in [9.17, 15) is 4.79 Å². The van der Waals surface area contributed by atoms with Crippen LogP contribution >= 0.6 is 0 Å². The first-order valence-corrected chi connectivity index (χ1v) is 9.02. The fourth-order valence-electron chi connectivity index (χ4n) is 2.98. The van der Waals surface area contributed by atoms with Gasteiger partial charge in [-0.3, -0.25) is 9.69 Å². The average Bonchev–Trinajstić information content (AvgIpc) is 3.07. The third kappa shape index (κ3) is 4.65. The molecule has 1 aromatic carbocycles. The van der Waals surface area contributed by atoms with Crippen molar-refractivity contribution in [2.45, 2.75) is 26.4 Å². The smallest absolute Gasteiger partial charge is 0.241 e. The molecule has 1 aliphatic heterocycles. The second-order valence-electron chi connectivity index (χ2n) is 6.74. The average molecular weight is 357 g/mol. The molecule has 1 aromatic heterocycles. The molecule has 1 aliphatic rings. The summed E-state index contributed by atoms with van der Waals surface area (Å²) < 4.78 is 11.0. The molecular weight excluding hydrogens is 330 g/mol. The zero-order valence-corrected chi connectivity index (χ0v) is 15.7. The van der Waals surface area contributed by atoms with Gasteiger partial charge >= 0.3 is 0 Å². The number of morpholine rings is 1. The van der Waals surface area contributed by atoms with Crippen LogP contribution in [0.4, 0.5) is 11.4 Å². The summed E-state index contributed by atoms with van der Waals surface area (Å²) in [6.07, 6.45) is 0. The number of nitrogens with one attached hydrogen (secondary N) is 1. The minimum Gasteiger partial charge on any atom is -0.465 e. The Balaban J connectivity index is 1.54. The molecule has 2 heterocycles. The number of hydrogen-bond acceptors (Lipinski definition) is 5. The Morgan fingerprint density at radius 1 is 1.19 bits per heavy atom. The van der Waals surface area contributed by atoms with Crippen molar-refractivity contribution in [3.63, 3.8) is 0 Å². The fourth-order valence-corrected chi connectivity index (χ4v) is 2.98. The fraction of sp³-hybridized carbons (Fsp3) is 0.450. The van der Waals surface area contributed by atoms with Crippen LogP contribution in [0.3, 0.4) is 0 Å². The second-order valence-corrected chi connectivity index (χ2v) is 6.74. The molecule has 6 heteroatoms. The molecule has 0 saturated carbocycles. The summed E-state index contributed by atoms with van der Waals surface area (Å²) in [5, 5.41) is 2.99. The van der Waals surface area contributed by atoms with Gasteiger partial charge in [-0.15, -0.1) is 0 Å². The molecule has 0 radical (unpaired) electrons. The molecule has 3 rings (SSSR count). The van der Waals surface area contributed by atoms with E-state index in [0.29, 0.717) is 6.54 Å². The molecule has 0 spiro atoms. The van der Waals surface area contributed by atoms with E-state index in [4.69, 9.17) is 9.15 Å². The van der Waals surface area contributed by atoms with Crippen LogP contribution in [0.5, 0.6) is 0 Å². The van der Waals surface area contributed by atoms with E-state index in [1.54, 1.807) is 0 Å². The van der Waals surface area contributed by atoms with Gasteiger partial charge in [-0.1, -0.05) is 0 Å². The molecule has 0 unspecified atom stereocenters. The largest absolute Gasteiger partial charge is 0.465 e. The van der Waals surface area contributed by atoms with Gasteiger partial charge in [0, 0.05) is 24.5 Å². The zero-order chi connectivity index (χ0) is 18.5. The lowest BCUT2D eigenvalue weighted by atomic mass is 10.2. The van der Waals surface area contributed by atoms with Crippen LogP contribution in [-0.4, -0.2) is 50.2 Å². The number of aryl methyl sites for hydroxylation is 1. The minimum atomic E-state index is -0.265. The van der Waals surface area contributed by atoms with Crippen molar-refractivity contribution < 1.29 is 13.9 Å². The first-order chi connectivity index (χ1) is 12.5. The second kappa shape index (κ2) is 8.38. The van der Waals surface area contributed by atoms with Crippen molar-refractivity contribution in [3.8, 4) is 0 Å². The van der Waals surface area contributed by atoms with E-state index in [1.807, 2.05) is 62.2 Å². The maximum absolute atomic E-state index is 12.5. The predicted octanol–water partition coefficient (Wildman–Crippen LogP) is 2.88. The Morgan fingerprint density at radius 3 is 2.50 bits per heavy atom. The Bertz CT molecular complexity index is 720. The SMILES string of the molecule is Cc1ccc(CN(C)[C@@H](C)C(=O)Nc2ccc(N3CCOCC3)cc2)o1. The van der Waals surface area contributed by atoms with Gasteiger partial charge in [0.25, 0.3) is 0 Å². The van der Waals surface area contributed by atoms with Crippen molar-refractivity contribution >= 4 is 17.3 Å². The van der Waals surface area contributed by atoms with Gasteiger partial charge in [0.2, 0.25) is 5.91 Å². The number of amides is 1. The number of ether oxygens (including phenoxy) is 1. The van der Waals surface area contributed by atoms with Crippen molar-refractivity contribution in [1.82, 2.24) is 4.90 Å². The maximum Gasteiger partial charge on any atom is 0.241 e. The molecule has 1 atom stereocenters. The lowest BCUT2D eigenvalue weighted by Crippen LogP contribution is -2.39. The lowest BCUT2D eigenvalue weighted by molar-refractivity contribution is -0.120. The van der Waals surface area contributed by atoms with Crippen molar-refractivity contribution in [2.24, 2.45) is 0 Å². The number of rotatable bonds is 6. The molecule has 0 aliphatic carbocycles. The summed E-state index contributed by atoms with van der Waals surface area (Å²) in [4.78, 5) is 16.8. The number of benzene rings is 1. The van der Waals surface area contributed by atoms with Crippen LogP contribution in [-0.2, 0) is 16.1 Å². The molecule has 140 valence electrons. The highest BCUT2D eigenvalue weighted by Gasteiger charge is 2.19. The highest BCUT2D eigenvalue weighted by molar-refractivity contribution is 5.94. The number of furan rings is 1. The maximum atomic E-state index is 12.5. The summed E-state index contributed by atoms with van der Waals surface area (Å²) in [5.74, 6) is 1.71. The van der Waals surface area contributed by atoms with Crippen LogP contribution in [0, 0.1) is 6.92 Å². The first-order valence-electron chi connectivity index (χ1n) is 9.02. The molecule has 0 bridgehead atoms. The van der Waals surface area contributed by atoms with Gasteiger partial charge in [0.05, 0.1) is 25.8 Å². The summed E-state index contributed by atoms with van der Waals surface area (Å²) >= 11 is 0. The van der Waals surface area contributed by atoms with Crippen molar-refractivity contribution in [3.05, 3.63) is 47.9 Å². The van der Waals surface area contributed by atoms with E-state index < -0.39 is 0 Å². The van der Waals surface area contributed by atoms with E-state index in [0.717, 1.165) is 49.2 Å². The quantitative estimate of drug-likeness (QED) is 0.861. The Labute approximate surface area is 154 Å². The van der Waals surface area contributed by atoms with E-state index in [2.05, 4.69) is 10.2 Å². The van der Waals surface area contributed by atoms with Crippen molar-refractivity contribution in [2.75, 3.05) is 43.6 Å². The number of hydrogen-bond donors (Lipinski definition) is 1. The third-order valence-corrected chi connectivity index (χ3v) is 4.75. The van der Waals surface area contributed by atoms with E-state index in [-0.39, 0.29) is 11.9 Å². The van der Waals surface area contributed by atoms with Crippen molar-refractivity contribution in [1.29, 1.82) is 0 Å². The molecule has 2 aromatic rings. The van der Waals surface area contributed by atoms with Crippen LogP contribution in [0.25, 0.3) is 0 Å². The lowest BCUT2D eigenvalue weighted by Gasteiger charge is -2.29. The Hall–Kier alpha value is -2.31. The topological polar surface area (TPSA) is 58.0 Å². The van der Waals surface area contributed by atoms with E-state index in [1.165, 1.54) is 0 Å². The Morgan fingerprint density at radius 2 is 1.88 bits per heavy atom. The minimum absolute atomic E-state index is 0.0325. The number of carbonyl (C=O) groups excluding carboxylic acids is 1. The highest BCUT2D eigenvalue weighted by atomic mass is 16.5. The van der Waals surface area contributed by atoms with Gasteiger partial charge < -0.3 is 19.4 Å². The molecule has 1 amide bonds. The molecule has 26 heavy (non-hydrogen) atoms. The van der Waals surface area contributed by atoms with Gasteiger partial charge in [0.15, 0.2) is 0 Å². The van der Waals surface area contributed by atoms with Crippen LogP contribution in [0.1, 0.15) is 18.4 Å². The van der Waals surface area contributed by atoms with Crippen LogP contribution < -0.4 is 10.2 Å². The third-order valence-electron chi connectivity index (χ3n) is 4.75. The van der Waals surface area contributed by atoms with Crippen LogP contribution in [0.2, 0.25) is 0 Å². The number of carbonyl (C=O) groups is 1. The van der Waals surface area contributed by atoms with E-state index >= 15 is 0 Å². The van der Waals surface area contributed by atoms with Crippen LogP contribution in [0.15, 0.2) is 40.8 Å². The number of likely N-dealkylation sites (N-methyl/N-ethyl adjacent to an activating group) is 1. The number of nitrogens with zero attached hydrogens (tertiary/aromatic N) is 2. The molecule has 6 nitrogen and oxygen atoms in total. The van der Waals surface area contributed by atoms with Gasteiger partial charge in [0.1, 0.15) is 11.5 Å². The summed E-state index contributed by atoms with van der Waals surface area (Å²) in [7, 11) is 1.92. The monoisotopic (exact) mass is 357 g/mol. The predicted molar refractivity (Wildman–Crippen MR) is 102 cm³/mol. The summed E-state index contributed by atoms with van der Waals surface area (Å²) in [6.45, 7) is 7.74. The first kappa shape index (κ1) is 18.5. The van der Waals surface area contributed by atoms with Gasteiger partial charge in [-0.2, -0.15) is 0 Å². The molecule has 1 saturated heterocycles. The molecule has 1 N–H and O–H groups in total. The normalized spacial score (nSPS) is 15.9.